The summed E-state index contributed by atoms with van der Waals surface area (Å²) in [4.78, 5) is 9.42. The Kier molecular flexibility index (Phi) is 2.70. The van der Waals surface area contributed by atoms with E-state index in [1.807, 2.05) is 30.8 Å². The van der Waals surface area contributed by atoms with E-state index in [-0.39, 0.29) is 0 Å². The second-order valence-corrected chi connectivity index (χ2v) is 5.54. The lowest BCUT2D eigenvalue weighted by atomic mass is 10.3. The zero-order chi connectivity index (χ0) is 14.4. The van der Waals surface area contributed by atoms with Gasteiger partial charge in [0.05, 0.1) is 18.5 Å². The van der Waals surface area contributed by atoms with E-state index in [1.54, 1.807) is 6.26 Å². The maximum Gasteiger partial charge on any atom is 0.156 e. The number of hydrogen-bond donors (Lipinski definition) is 1. The Morgan fingerprint density at radius 2 is 2.24 bits per heavy atom. The molecule has 3 aromatic rings. The van der Waals surface area contributed by atoms with E-state index in [9.17, 15) is 0 Å². The van der Waals surface area contributed by atoms with Crippen molar-refractivity contribution < 1.29 is 4.42 Å². The number of nitrogens with one attached hydrogen (secondary N) is 1. The summed E-state index contributed by atoms with van der Waals surface area (Å²) in [7, 11) is 1.92. The Morgan fingerprint density at radius 1 is 1.38 bits per heavy atom. The normalized spacial score (nSPS) is 14.8. The van der Waals surface area contributed by atoms with Crippen LogP contribution < -0.4 is 5.32 Å². The zero-order valence-electron chi connectivity index (χ0n) is 12.1. The van der Waals surface area contributed by atoms with Gasteiger partial charge in [0.25, 0.3) is 0 Å². The van der Waals surface area contributed by atoms with Crippen molar-refractivity contribution >= 4 is 16.9 Å². The molecule has 3 heterocycles. The molecule has 1 fully saturated rings. The van der Waals surface area contributed by atoms with Gasteiger partial charge in [-0.05, 0) is 31.9 Å². The lowest BCUT2D eigenvalue weighted by Gasteiger charge is -2.08. The average molecular weight is 283 g/mol. The Bertz CT molecular complexity index is 786. The highest BCUT2D eigenvalue weighted by Gasteiger charge is 2.28. The first-order valence-electron chi connectivity index (χ1n) is 7.20. The van der Waals surface area contributed by atoms with Crippen molar-refractivity contribution in [3.8, 4) is 0 Å². The minimum atomic E-state index is 0.512. The molecular formula is C15H17N5O. The van der Waals surface area contributed by atoms with E-state index in [1.165, 1.54) is 12.8 Å². The molecule has 1 saturated carbocycles. The molecular weight excluding hydrogens is 266 g/mol. The van der Waals surface area contributed by atoms with Crippen LogP contribution in [-0.2, 0) is 13.6 Å². The summed E-state index contributed by atoms with van der Waals surface area (Å²) in [6.07, 6.45) is 4.04. The van der Waals surface area contributed by atoms with Crippen LogP contribution in [0.1, 0.15) is 36.0 Å². The average Bonchev–Trinajstić information content (AvgIpc) is 3.12. The van der Waals surface area contributed by atoms with E-state index in [0.29, 0.717) is 12.5 Å². The lowest BCUT2D eigenvalue weighted by Crippen LogP contribution is -2.06. The second kappa shape index (κ2) is 4.58. The lowest BCUT2D eigenvalue weighted by molar-refractivity contribution is 0.518. The Hall–Kier alpha value is -2.37. The summed E-state index contributed by atoms with van der Waals surface area (Å²) in [5.74, 6) is 3.16. The van der Waals surface area contributed by atoms with Gasteiger partial charge in [-0.15, -0.1) is 0 Å². The molecule has 21 heavy (non-hydrogen) atoms. The molecule has 0 saturated heterocycles. The number of anilines is 1. The molecule has 6 heteroatoms. The SMILES string of the molecule is Cc1nn(C)c2c(NCc3ccco3)nc(C3CC3)nc12. The first kappa shape index (κ1) is 12.4. The number of aryl methyl sites for hydroxylation is 2. The van der Waals surface area contributed by atoms with Gasteiger partial charge in [0.15, 0.2) is 5.82 Å². The molecule has 0 atom stereocenters. The van der Waals surface area contributed by atoms with Gasteiger partial charge in [-0.3, -0.25) is 4.68 Å². The largest absolute Gasteiger partial charge is 0.467 e. The molecule has 108 valence electrons. The number of aromatic nitrogens is 4. The minimum absolute atomic E-state index is 0.512. The van der Waals surface area contributed by atoms with Gasteiger partial charge in [0.1, 0.15) is 22.6 Å². The van der Waals surface area contributed by atoms with Gasteiger partial charge in [-0.25, -0.2) is 9.97 Å². The molecule has 3 aromatic heterocycles. The van der Waals surface area contributed by atoms with Crippen LogP contribution in [-0.4, -0.2) is 19.7 Å². The van der Waals surface area contributed by atoms with E-state index in [2.05, 4.69) is 10.4 Å². The Labute approximate surface area is 122 Å². The highest BCUT2D eigenvalue weighted by atomic mass is 16.3. The van der Waals surface area contributed by atoms with Gasteiger partial charge in [-0.2, -0.15) is 5.10 Å². The number of nitrogens with zero attached hydrogens (tertiary/aromatic N) is 4. The molecule has 1 N–H and O–H groups in total. The van der Waals surface area contributed by atoms with Crippen LogP contribution in [0, 0.1) is 6.92 Å². The van der Waals surface area contributed by atoms with Gasteiger partial charge < -0.3 is 9.73 Å². The summed E-state index contributed by atoms with van der Waals surface area (Å²) in [6.45, 7) is 2.59. The van der Waals surface area contributed by atoms with Crippen molar-refractivity contribution in [2.45, 2.75) is 32.2 Å². The topological polar surface area (TPSA) is 68.8 Å². The highest BCUT2D eigenvalue weighted by molar-refractivity contribution is 5.87. The van der Waals surface area contributed by atoms with Crippen molar-refractivity contribution in [3.63, 3.8) is 0 Å². The fourth-order valence-corrected chi connectivity index (χ4v) is 2.58. The molecule has 1 aliphatic rings. The second-order valence-electron chi connectivity index (χ2n) is 5.54. The minimum Gasteiger partial charge on any atom is -0.467 e. The van der Waals surface area contributed by atoms with Crippen LogP contribution in [0.4, 0.5) is 5.82 Å². The van der Waals surface area contributed by atoms with Crippen LogP contribution in [0.2, 0.25) is 0 Å². The van der Waals surface area contributed by atoms with Crippen LogP contribution >= 0.6 is 0 Å². The fraction of sp³-hybridized carbons (Fsp3) is 0.400. The zero-order valence-corrected chi connectivity index (χ0v) is 12.1. The first-order valence-corrected chi connectivity index (χ1v) is 7.20. The molecule has 0 unspecified atom stereocenters. The van der Waals surface area contributed by atoms with Crippen LogP contribution in [0.25, 0.3) is 11.0 Å². The fourth-order valence-electron chi connectivity index (χ4n) is 2.58. The smallest absolute Gasteiger partial charge is 0.156 e. The van der Waals surface area contributed by atoms with Crippen molar-refractivity contribution in [3.05, 3.63) is 35.7 Å². The van der Waals surface area contributed by atoms with Gasteiger partial charge >= 0.3 is 0 Å². The number of fused-ring (bicyclic) bond motifs is 1. The van der Waals surface area contributed by atoms with Crippen LogP contribution in [0.5, 0.6) is 0 Å². The predicted octanol–water partition coefficient (Wildman–Crippen LogP) is 2.75. The number of rotatable bonds is 4. The molecule has 0 aliphatic heterocycles. The summed E-state index contributed by atoms with van der Waals surface area (Å²) < 4.78 is 7.20. The Morgan fingerprint density at radius 3 is 2.95 bits per heavy atom. The standard InChI is InChI=1S/C15H17N5O/c1-9-12-13(20(2)19-9)15(16-8-11-4-3-7-21-11)18-14(17-12)10-5-6-10/h3-4,7,10H,5-6,8H2,1-2H3,(H,16,17,18). The van der Waals surface area contributed by atoms with E-state index < -0.39 is 0 Å². The van der Waals surface area contributed by atoms with Crippen molar-refractivity contribution in [1.29, 1.82) is 0 Å². The molecule has 6 nitrogen and oxygen atoms in total. The van der Waals surface area contributed by atoms with E-state index >= 15 is 0 Å². The number of hydrogen-bond acceptors (Lipinski definition) is 5. The third kappa shape index (κ3) is 2.16. The van der Waals surface area contributed by atoms with E-state index in [4.69, 9.17) is 14.4 Å². The molecule has 0 spiro atoms. The molecule has 1 aliphatic carbocycles. The third-order valence-electron chi connectivity index (χ3n) is 3.82. The monoisotopic (exact) mass is 283 g/mol. The maximum atomic E-state index is 5.36. The van der Waals surface area contributed by atoms with Gasteiger partial charge in [-0.1, -0.05) is 0 Å². The summed E-state index contributed by atoms with van der Waals surface area (Å²) in [5, 5.41) is 7.83. The quantitative estimate of drug-likeness (QED) is 0.797. The van der Waals surface area contributed by atoms with Crippen molar-refractivity contribution in [1.82, 2.24) is 19.7 Å². The number of furan rings is 1. The summed E-state index contributed by atoms with van der Waals surface area (Å²) in [5.41, 5.74) is 2.83. The molecule has 0 radical (unpaired) electrons. The summed E-state index contributed by atoms with van der Waals surface area (Å²) >= 11 is 0. The molecule has 4 rings (SSSR count). The van der Waals surface area contributed by atoms with Gasteiger partial charge in [0, 0.05) is 13.0 Å². The maximum absolute atomic E-state index is 5.36. The molecule has 0 amide bonds. The molecule has 0 bridgehead atoms. The molecule has 0 aromatic carbocycles. The van der Waals surface area contributed by atoms with Crippen LogP contribution in [0.15, 0.2) is 22.8 Å². The van der Waals surface area contributed by atoms with E-state index in [0.717, 1.165) is 34.1 Å². The third-order valence-corrected chi connectivity index (χ3v) is 3.82. The van der Waals surface area contributed by atoms with Crippen molar-refractivity contribution in [2.75, 3.05) is 5.32 Å². The highest BCUT2D eigenvalue weighted by Crippen LogP contribution is 2.39. The van der Waals surface area contributed by atoms with Crippen molar-refractivity contribution in [2.24, 2.45) is 7.05 Å². The predicted molar refractivity (Wildman–Crippen MR) is 79.1 cm³/mol. The Balaban J connectivity index is 1.77. The first-order chi connectivity index (χ1) is 10.2. The summed E-state index contributed by atoms with van der Waals surface area (Å²) in [6, 6.07) is 3.83. The van der Waals surface area contributed by atoms with Gasteiger partial charge in [0.2, 0.25) is 0 Å². The van der Waals surface area contributed by atoms with Crippen LogP contribution in [0.3, 0.4) is 0 Å².